The molecule has 6 nitrogen and oxygen atoms in total. The first kappa shape index (κ1) is 25.1. The van der Waals surface area contributed by atoms with E-state index in [0.717, 1.165) is 42.6 Å². The Bertz CT molecular complexity index is 1260. The topological polar surface area (TPSA) is 84.6 Å². The average molecular weight is 527 g/mol. The van der Waals surface area contributed by atoms with Crippen LogP contribution in [0.1, 0.15) is 57.2 Å². The van der Waals surface area contributed by atoms with E-state index < -0.39 is 23.1 Å². The summed E-state index contributed by atoms with van der Waals surface area (Å²) in [5.74, 6) is -0.199. The van der Waals surface area contributed by atoms with Crippen molar-refractivity contribution in [1.29, 1.82) is 0 Å². The van der Waals surface area contributed by atoms with Crippen LogP contribution in [0.4, 0.5) is 4.39 Å². The fourth-order valence-electron chi connectivity index (χ4n) is 8.54. The molecular formula is C29H35FN2O4S. The number of halogens is 1. The highest BCUT2D eigenvalue weighted by molar-refractivity contribution is 7.98. The molecule has 0 amide bonds. The maximum absolute atomic E-state index is 13.5. The summed E-state index contributed by atoms with van der Waals surface area (Å²) in [6, 6.07) is 6.37. The predicted octanol–water partition coefficient (Wildman–Crippen LogP) is 4.76. The van der Waals surface area contributed by atoms with Crippen LogP contribution < -0.4 is 0 Å². The largest absolute Gasteiger partial charge is 0.452 e. The first-order chi connectivity index (χ1) is 17.6. The van der Waals surface area contributed by atoms with E-state index in [9.17, 15) is 19.4 Å². The molecule has 2 N–H and O–H groups in total. The van der Waals surface area contributed by atoms with Crippen molar-refractivity contribution in [3.05, 3.63) is 53.1 Å². The lowest BCUT2D eigenvalue weighted by atomic mass is 9.45. The smallest absolute Gasteiger partial charge is 0.339 e. The van der Waals surface area contributed by atoms with Crippen LogP contribution in [0.5, 0.6) is 0 Å². The number of carbonyl (C=O) groups is 1. The number of thioether (sulfide) groups is 1. The van der Waals surface area contributed by atoms with Crippen molar-refractivity contribution in [2.24, 2.45) is 28.6 Å². The fraction of sp³-hybridized carbons (Fsp3) is 0.586. The van der Waals surface area contributed by atoms with Crippen molar-refractivity contribution in [3.63, 3.8) is 0 Å². The van der Waals surface area contributed by atoms with Crippen LogP contribution in [0.3, 0.4) is 0 Å². The predicted molar refractivity (Wildman–Crippen MR) is 140 cm³/mol. The number of benzene rings is 1. The fourth-order valence-corrected chi connectivity index (χ4v) is 8.77. The van der Waals surface area contributed by atoms with Crippen LogP contribution >= 0.6 is 11.8 Å². The van der Waals surface area contributed by atoms with E-state index in [2.05, 4.69) is 18.1 Å². The second-order valence-corrected chi connectivity index (χ2v) is 12.8. The van der Waals surface area contributed by atoms with Gasteiger partial charge in [0.15, 0.2) is 5.60 Å². The zero-order chi connectivity index (χ0) is 26.2. The summed E-state index contributed by atoms with van der Waals surface area (Å²) in [5, 5.41) is 28.0. The van der Waals surface area contributed by atoms with Crippen LogP contribution in [-0.2, 0) is 16.0 Å². The molecule has 1 aromatic heterocycles. The number of ether oxygens (including phenoxy) is 1. The van der Waals surface area contributed by atoms with E-state index in [1.807, 2.05) is 24.1 Å². The highest BCUT2D eigenvalue weighted by Gasteiger charge is 2.69. The Morgan fingerprint density at radius 3 is 2.76 bits per heavy atom. The monoisotopic (exact) mass is 526 g/mol. The van der Waals surface area contributed by atoms with Gasteiger partial charge < -0.3 is 14.9 Å². The third kappa shape index (κ3) is 3.51. The van der Waals surface area contributed by atoms with Crippen molar-refractivity contribution in [3.8, 4) is 5.69 Å². The number of allylic oxidation sites excluding steroid dienone is 1. The Hall–Kier alpha value is -2.16. The van der Waals surface area contributed by atoms with Gasteiger partial charge in [0.05, 0.1) is 23.7 Å². The molecule has 2 aromatic rings. The zero-order valence-electron chi connectivity index (χ0n) is 21.6. The molecule has 8 heteroatoms. The Balaban J connectivity index is 1.33. The molecule has 6 rings (SSSR count). The lowest BCUT2D eigenvalue weighted by Crippen LogP contribution is -2.62. The molecule has 4 aliphatic carbocycles. The van der Waals surface area contributed by atoms with Crippen molar-refractivity contribution >= 4 is 23.8 Å². The van der Waals surface area contributed by atoms with E-state index in [1.54, 1.807) is 12.1 Å². The minimum Gasteiger partial charge on any atom is -0.452 e. The van der Waals surface area contributed by atoms with Gasteiger partial charge in [-0.2, -0.15) is 5.10 Å². The number of hydrogen-bond acceptors (Lipinski definition) is 6. The van der Waals surface area contributed by atoms with Gasteiger partial charge in [0, 0.05) is 5.41 Å². The third-order valence-corrected chi connectivity index (χ3v) is 10.6. The van der Waals surface area contributed by atoms with E-state index in [-0.39, 0.29) is 34.9 Å². The highest BCUT2D eigenvalue weighted by atomic mass is 32.2. The quantitative estimate of drug-likeness (QED) is 0.442. The van der Waals surface area contributed by atoms with Crippen LogP contribution in [-0.4, -0.2) is 49.9 Å². The van der Waals surface area contributed by atoms with Gasteiger partial charge in [-0.15, -0.1) is 11.8 Å². The van der Waals surface area contributed by atoms with E-state index in [1.165, 1.54) is 29.5 Å². The number of aliphatic hydroxyl groups excluding tert-OH is 1. The molecule has 198 valence electrons. The summed E-state index contributed by atoms with van der Waals surface area (Å²) in [5.41, 5.74) is 1.79. The molecule has 1 aromatic carbocycles. The normalized spacial score (nSPS) is 38.2. The molecule has 0 aliphatic heterocycles. The Kier molecular flexibility index (Phi) is 5.90. The number of fused-ring (bicyclic) bond motifs is 6. The molecule has 1 heterocycles. The lowest BCUT2D eigenvalue weighted by molar-refractivity contribution is -0.197. The van der Waals surface area contributed by atoms with Gasteiger partial charge in [0.2, 0.25) is 0 Å². The summed E-state index contributed by atoms with van der Waals surface area (Å²) in [6.07, 6.45) is 9.48. The van der Waals surface area contributed by atoms with Gasteiger partial charge in [-0.1, -0.05) is 19.4 Å². The minimum absolute atomic E-state index is 0.0393. The van der Waals surface area contributed by atoms with Crippen molar-refractivity contribution in [2.45, 2.75) is 64.1 Å². The number of nitrogens with zero attached hydrogens (tertiary/aromatic N) is 2. The van der Waals surface area contributed by atoms with E-state index >= 15 is 0 Å². The van der Waals surface area contributed by atoms with E-state index in [4.69, 9.17) is 4.74 Å². The Labute approximate surface area is 221 Å². The third-order valence-electron chi connectivity index (χ3n) is 10.3. The van der Waals surface area contributed by atoms with Gasteiger partial charge in [-0.3, -0.25) is 0 Å². The van der Waals surface area contributed by atoms with Crippen LogP contribution in [0, 0.1) is 34.4 Å². The molecule has 0 radical (unpaired) electrons. The summed E-state index contributed by atoms with van der Waals surface area (Å²) in [7, 11) is 0. The van der Waals surface area contributed by atoms with Crippen molar-refractivity contribution in [1.82, 2.24) is 9.78 Å². The number of carbonyl (C=O) groups excluding carboxylic acids is 1. The van der Waals surface area contributed by atoms with Crippen LogP contribution in [0.25, 0.3) is 11.8 Å². The molecule has 4 aliphatic rings. The summed E-state index contributed by atoms with van der Waals surface area (Å²) < 4.78 is 20.8. The lowest BCUT2D eigenvalue weighted by Gasteiger charge is -2.60. The van der Waals surface area contributed by atoms with Gasteiger partial charge in [-0.25, -0.2) is 13.9 Å². The van der Waals surface area contributed by atoms with E-state index in [0.29, 0.717) is 12.8 Å². The maximum atomic E-state index is 13.5. The Morgan fingerprint density at radius 1 is 1.27 bits per heavy atom. The molecule has 5 unspecified atom stereocenters. The minimum atomic E-state index is -1.56. The SMILES string of the molecule is CSCOC(=O)C1(O)CC[C@H]2C3CCC4=Cc5c(cnn5-c5ccc(F)cc5)CC4(C)[C@H]3C(O)CC21C. The number of esters is 1. The number of rotatable bonds is 4. The van der Waals surface area contributed by atoms with Crippen LogP contribution in [0.15, 0.2) is 36.0 Å². The summed E-state index contributed by atoms with van der Waals surface area (Å²) in [6.45, 7) is 4.26. The molecule has 7 atom stereocenters. The number of aliphatic hydroxyl groups is 2. The summed E-state index contributed by atoms with van der Waals surface area (Å²) in [4.78, 5) is 13.0. The molecule has 0 bridgehead atoms. The number of hydrogen-bond donors (Lipinski definition) is 2. The highest BCUT2D eigenvalue weighted by Crippen LogP contribution is 2.67. The van der Waals surface area contributed by atoms with Gasteiger partial charge >= 0.3 is 5.97 Å². The molecule has 0 spiro atoms. The Morgan fingerprint density at radius 2 is 2.03 bits per heavy atom. The molecule has 3 fully saturated rings. The average Bonchev–Trinajstić information content (AvgIpc) is 3.38. The zero-order valence-corrected chi connectivity index (χ0v) is 22.4. The van der Waals surface area contributed by atoms with Crippen LogP contribution in [0.2, 0.25) is 0 Å². The standard InChI is InChI=1S/C29H35FN2O4S/c1-27-13-17-15-31-32(20-7-5-19(30)6-8-20)23(17)12-18(27)4-9-21-22-10-11-29(35,26(34)36-16-37-3)28(22,2)14-24(33)25(21)27/h5-8,12,15,21-22,24-25,33,35H,4,9-11,13-14,16H2,1-3H3/t21?,22-,24?,25+,27?,28?,29?/m0/s1. The second-order valence-electron chi connectivity index (χ2n) is 12.0. The van der Waals surface area contributed by atoms with Crippen molar-refractivity contribution < 1.29 is 24.1 Å². The second kappa shape index (κ2) is 8.68. The molecule has 3 saturated carbocycles. The van der Waals surface area contributed by atoms with Gasteiger partial charge in [0.25, 0.3) is 0 Å². The van der Waals surface area contributed by atoms with Crippen molar-refractivity contribution in [2.75, 3.05) is 12.2 Å². The first-order valence-corrected chi connectivity index (χ1v) is 14.6. The van der Waals surface area contributed by atoms with Gasteiger partial charge in [-0.05, 0) is 104 Å². The maximum Gasteiger partial charge on any atom is 0.339 e. The molecular weight excluding hydrogens is 491 g/mol. The summed E-state index contributed by atoms with van der Waals surface area (Å²) >= 11 is 1.41. The number of aromatic nitrogens is 2. The van der Waals surface area contributed by atoms with Gasteiger partial charge in [0.1, 0.15) is 11.8 Å². The first-order valence-electron chi connectivity index (χ1n) is 13.2. The molecule has 0 saturated heterocycles. The molecule has 37 heavy (non-hydrogen) atoms.